The highest BCUT2D eigenvalue weighted by Gasteiger charge is 2.88. The Kier molecular flexibility index (Phi) is 3.70. The van der Waals surface area contributed by atoms with E-state index in [1.165, 1.54) is 0 Å². The fourth-order valence-electron chi connectivity index (χ4n) is 14.2. The van der Waals surface area contributed by atoms with E-state index in [-0.39, 0.29) is 46.7 Å². The standard InChI is InChI=1S/C30H36N2O6/c1-29-23-11-3-5-14-20(11)26-21(23)22-24(30(26,2)28(38-14)32-17(35)9-10-18(32)36)12-4-6-13(19(12)25(22)29)37-27(29)31-15(33)7-8-16(31)34/h11-14,19-28H,3-10H2,1-2H3/t11-,12+,13-,14-,19-,20+,21+,22+,23-,24+,25+,26-,27+,28-,29-,30+/m1/s1. The molecule has 10 aliphatic rings. The van der Waals surface area contributed by atoms with Crippen LogP contribution in [0.5, 0.6) is 0 Å². The number of hydrogen-bond acceptors (Lipinski definition) is 6. The van der Waals surface area contributed by atoms with E-state index in [9.17, 15) is 19.2 Å². The molecule has 10 fully saturated rings. The highest BCUT2D eigenvalue weighted by atomic mass is 16.5. The number of ether oxygens (including phenoxy) is 2. The van der Waals surface area contributed by atoms with E-state index in [1.54, 1.807) is 9.80 Å². The van der Waals surface area contributed by atoms with Crippen molar-refractivity contribution in [3.8, 4) is 0 Å². The smallest absolute Gasteiger partial charge is 0.231 e. The summed E-state index contributed by atoms with van der Waals surface area (Å²) in [6, 6.07) is 0. The predicted octanol–water partition coefficient (Wildman–Crippen LogP) is 2.55. The van der Waals surface area contributed by atoms with Crippen LogP contribution in [0.1, 0.15) is 65.2 Å². The number of likely N-dealkylation sites (tertiary alicyclic amines) is 2. The Hall–Kier alpha value is -1.80. The third-order valence-electron chi connectivity index (χ3n) is 14.5. The molecule has 0 bridgehead atoms. The summed E-state index contributed by atoms with van der Waals surface area (Å²) in [6.07, 6.45) is 4.59. The third-order valence-corrected chi connectivity index (χ3v) is 14.5. The third kappa shape index (κ3) is 1.97. The molecular weight excluding hydrogens is 484 g/mol. The van der Waals surface area contributed by atoms with E-state index in [0.717, 1.165) is 25.7 Å². The van der Waals surface area contributed by atoms with Crippen LogP contribution < -0.4 is 0 Å². The SMILES string of the molecule is C[C@@]12[C@@H]3[C@H]4[C@@H]5[C@H]6[C@H]7[C@@H](CC[C@H]7O[C@@H](N7C(=O)CCC7=O)[C@@]6(C)[C@H]4[C@H]4CC[C@@H](O[C@@H]1N1C(=O)CCC1=O)[C@@H]43)[C@H]52. The fraction of sp³-hybridized carbons (Fsp3) is 0.867. The Balaban J connectivity index is 1.19. The lowest BCUT2D eigenvalue weighted by molar-refractivity contribution is -0.241. The molecule has 6 saturated carbocycles. The normalized spacial score (nSPS) is 62.3. The number of hydrogen-bond donors (Lipinski definition) is 0. The van der Waals surface area contributed by atoms with Crippen LogP contribution in [0.15, 0.2) is 0 Å². The first-order valence-corrected chi connectivity index (χ1v) is 15.3. The molecule has 38 heavy (non-hydrogen) atoms. The van der Waals surface area contributed by atoms with Gasteiger partial charge in [-0.2, -0.15) is 0 Å². The van der Waals surface area contributed by atoms with Crippen molar-refractivity contribution >= 4 is 23.6 Å². The molecule has 0 aromatic rings. The Bertz CT molecular complexity index is 1120. The van der Waals surface area contributed by atoms with Gasteiger partial charge >= 0.3 is 0 Å². The molecule has 0 N–H and O–H groups in total. The van der Waals surface area contributed by atoms with Gasteiger partial charge in [0, 0.05) is 36.5 Å². The largest absolute Gasteiger partial charge is 0.354 e. The minimum Gasteiger partial charge on any atom is -0.354 e. The van der Waals surface area contributed by atoms with Crippen molar-refractivity contribution in [2.24, 2.45) is 70.0 Å². The topological polar surface area (TPSA) is 93.2 Å². The lowest BCUT2D eigenvalue weighted by atomic mass is 9.60. The lowest BCUT2D eigenvalue weighted by Gasteiger charge is -2.55. The van der Waals surface area contributed by atoms with Gasteiger partial charge in [-0.15, -0.1) is 0 Å². The van der Waals surface area contributed by atoms with Crippen molar-refractivity contribution in [3.05, 3.63) is 0 Å². The average Bonchev–Trinajstić information content (AvgIpc) is 3.70. The summed E-state index contributed by atoms with van der Waals surface area (Å²) < 4.78 is 14.0. The highest BCUT2D eigenvalue weighted by molar-refractivity contribution is 6.02. The summed E-state index contributed by atoms with van der Waals surface area (Å²) in [6.45, 7) is 4.79. The molecule has 4 saturated heterocycles. The van der Waals surface area contributed by atoms with Crippen LogP contribution in [0.25, 0.3) is 0 Å². The summed E-state index contributed by atoms with van der Waals surface area (Å²) in [5.74, 6) is 4.27. The molecule has 8 heteroatoms. The summed E-state index contributed by atoms with van der Waals surface area (Å²) >= 11 is 0. The average molecular weight is 521 g/mol. The van der Waals surface area contributed by atoms with Gasteiger partial charge in [-0.25, -0.2) is 0 Å². The van der Waals surface area contributed by atoms with Crippen LogP contribution in [-0.4, -0.2) is 58.1 Å². The second-order valence-corrected chi connectivity index (χ2v) is 15.0. The van der Waals surface area contributed by atoms with Crippen molar-refractivity contribution in [3.63, 3.8) is 0 Å². The molecule has 0 unspecified atom stereocenters. The zero-order chi connectivity index (χ0) is 25.6. The second kappa shape index (κ2) is 6.40. The van der Waals surface area contributed by atoms with Gasteiger partial charge in [0.1, 0.15) is 12.5 Å². The van der Waals surface area contributed by atoms with Gasteiger partial charge in [0.15, 0.2) is 0 Å². The van der Waals surface area contributed by atoms with Gasteiger partial charge < -0.3 is 9.47 Å². The first kappa shape index (κ1) is 22.0. The van der Waals surface area contributed by atoms with Crippen molar-refractivity contribution in [1.29, 1.82) is 0 Å². The summed E-state index contributed by atoms with van der Waals surface area (Å²) in [5.41, 5.74) is -0.479. The van der Waals surface area contributed by atoms with Gasteiger partial charge in [0.05, 0.1) is 12.2 Å². The Labute approximate surface area is 222 Å². The van der Waals surface area contributed by atoms with Gasteiger partial charge in [-0.1, -0.05) is 13.8 Å². The maximum Gasteiger partial charge on any atom is 0.231 e. The van der Waals surface area contributed by atoms with Crippen LogP contribution in [0.4, 0.5) is 0 Å². The van der Waals surface area contributed by atoms with E-state index in [4.69, 9.17) is 9.47 Å². The molecule has 0 aromatic carbocycles. The van der Waals surface area contributed by atoms with E-state index >= 15 is 0 Å². The van der Waals surface area contributed by atoms with Gasteiger partial charge in [0.25, 0.3) is 0 Å². The molecule has 8 nitrogen and oxygen atoms in total. The maximum atomic E-state index is 13.1. The quantitative estimate of drug-likeness (QED) is 0.520. The monoisotopic (exact) mass is 520 g/mol. The van der Waals surface area contributed by atoms with Crippen molar-refractivity contribution in [2.75, 3.05) is 0 Å². The van der Waals surface area contributed by atoms with Crippen LogP contribution in [0, 0.1) is 70.0 Å². The van der Waals surface area contributed by atoms with Gasteiger partial charge in [-0.3, -0.25) is 29.0 Å². The minimum atomic E-state index is -0.451. The van der Waals surface area contributed by atoms with Gasteiger partial charge in [0.2, 0.25) is 23.6 Å². The fourth-order valence-corrected chi connectivity index (χ4v) is 14.2. The summed E-state index contributed by atoms with van der Waals surface area (Å²) in [5, 5.41) is 0. The Morgan fingerprint density at radius 1 is 0.553 bits per heavy atom. The Morgan fingerprint density at radius 3 is 1.29 bits per heavy atom. The molecule has 0 radical (unpaired) electrons. The van der Waals surface area contributed by atoms with Crippen LogP contribution in [0.3, 0.4) is 0 Å². The summed E-state index contributed by atoms with van der Waals surface area (Å²) in [7, 11) is 0. The minimum absolute atomic E-state index is 0.0557. The van der Waals surface area contributed by atoms with Crippen LogP contribution >= 0.6 is 0 Å². The lowest BCUT2D eigenvalue weighted by Crippen LogP contribution is -2.62. The zero-order valence-corrected chi connectivity index (χ0v) is 22.1. The number of nitrogens with zero attached hydrogens (tertiary/aromatic N) is 2. The number of imide groups is 2. The number of carbonyl (C=O) groups is 4. The number of fused-ring (bicyclic) bond motifs is 4. The number of amides is 4. The highest BCUT2D eigenvalue weighted by Crippen LogP contribution is 2.88. The van der Waals surface area contributed by atoms with Crippen LogP contribution in [0.2, 0.25) is 0 Å². The van der Waals surface area contributed by atoms with E-state index < -0.39 is 12.5 Å². The molecule has 4 amide bonds. The predicted molar refractivity (Wildman–Crippen MR) is 129 cm³/mol. The molecule has 10 rings (SSSR count). The first-order valence-electron chi connectivity index (χ1n) is 15.3. The number of rotatable bonds is 2. The molecule has 4 heterocycles. The molecule has 4 aliphatic heterocycles. The molecule has 16 atom stereocenters. The van der Waals surface area contributed by atoms with E-state index in [1.807, 2.05) is 0 Å². The van der Waals surface area contributed by atoms with Gasteiger partial charge in [-0.05, 0) is 84.9 Å². The maximum absolute atomic E-state index is 13.1. The van der Waals surface area contributed by atoms with Crippen LogP contribution in [-0.2, 0) is 28.7 Å². The molecule has 0 spiro atoms. The zero-order valence-electron chi connectivity index (χ0n) is 22.1. The van der Waals surface area contributed by atoms with E-state index in [0.29, 0.717) is 84.9 Å². The molecule has 6 aliphatic carbocycles. The molecule has 0 aromatic heterocycles. The van der Waals surface area contributed by atoms with E-state index in [2.05, 4.69) is 13.8 Å². The number of carbonyl (C=O) groups excluding carboxylic acids is 4. The molecular formula is C30H36N2O6. The Morgan fingerprint density at radius 2 is 0.921 bits per heavy atom. The first-order chi connectivity index (χ1) is 18.3. The van der Waals surface area contributed by atoms with Crippen molar-refractivity contribution < 1.29 is 28.7 Å². The van der Waals surface area contributed by atoms with Crippen molar-refractivity contribution in [2.45, 2.75) is 89.9 Å². The second-order valence-electron chi connectivity index (χ2n) is 15.0. The van der Waals surface area contributed by atoms with Crippen molar-refractivity contribution in [1.82, 2.24) is 9.80 Å². The molecule has 202 valence electrons. The summed E-state index contributed by atoms with van der Waals surface area (Å²) in [4.78, 5) is 55.7.